The summed E-state index contributed by atoms with van der Waals surface area (Å²) in [5, 5.41) is 0. The highest BCUT2D eigenvalue weighted by molar-refractivity contribution is 5.83. The van der Waals surface area contributed by atoms with Gasteiger partial charge in [0.15, 0.2) is 0 Å². The van der Waals surface area contributed by atoms with E-state index in [0.29, 0.717) is 5.92 Å². The molecule has 1 aliphatic rings. The van der Waals surface area contributed by atoms with Gasteiger partial charge in [-0.15, -0.1) is 0 Å². The highest BCUT2D eigenvalue weighted by atomic mass is 15.2. The molecule has 0 spiro atoms. The molecule has 4 heteroatoms. The highest BCUT2D eigenvalue weighted by Crippen LogP contribution is 2.28. The summed E-state index contributed by atoms with van der Waals surface area (Å²) in [6.45, 7) is 11.1. The Morgan fingerprint density at radius 2 is 1.82 bits per heavy atom. The molecule has 2 heterocycles. The Hall–Kier alpha value is -1.55. The SMILES string of the molecule is CCC(CC)c1nc2c(C)cc(N3CCN(C)CC3)cc2[nH]1. The molecule has 1 aromatic heterocycles. The van der Waals surface area contributed by atoms with Gasteiger partial charge in [-0.25, -0.2) is 4.98 Å². The zero-order valence-electron chi connectivity index (χ0n) is 14.3. The minimum absolute atomic E-state index is 0.541. The van der Waals surface area contributed by atoms with Gasteiger partial charge in [0, 0.05) is 37.8 Å². The van der Waals surface area contributed by atoms with E-state index in [1.807, 2.05) is 0 Å². The Bertz CT molecular complexity index is 634. The molecule has 1 fully saturated rings. The van der Waals surface area contributed by atoms with Crippen molar-refractivity contribution in [1.29, 1.82) is 0 Å². The van der Waals surface area contributed by atoms with Gasteiger partial charge < -0.3 is 14.8 Å². The van der Waals surface area contributed by atoms with Crippen molar-refractivity contribution in [1.82, 2.24) is 14.9 Å². The van der Waals surface area contributed by atoms with Crippen molar-refractivity contribution >= 4 is 16.7 Å². The summed E-state index contributed by atoms with van der Waals surface area (Å²) in [7, 11) is 2.20. The van der Waals surface area contributed by atoms with Crippen LogP contribution < -0.4 is 4.90 Å². The van der Waals surface area contributed by atoms with Crippen molar-refractivity contribution in [3.63, 3.8) is 0 Å². The summed E-state index contributed by atoms with van der Waals surface area (Å²) >= 11 is 0. The third-order valence-corrected chi connectivity index (χ3v) is 5.02. The fraction of sp³-hybridized carbons (Fsp3) is 0.611. The van der Waals surface area contributed by atoms with Gasteiger partial charge in [0.05, 0.1) is 11.0 Å². The van der Waals surface area contributed by atoms with E-state index < -0.39 is 0 Å². The van der Waals surface area contributed by atoms with Gasteiger partial charge in [0.25, 0.3) is 0 Å². The lowest BCUT2D eigenvalue weighted by Gasteiger charge is -2.34. The van der Waals surface area contributed by atoms with Gasteiger partial charge in [-0.3, -0.25) is 0 Å². The Morgan fingerprint density at radius 1 is 1.14 bits per heavy atom. The first kappa shape index (κ1) is 15.3. The van der Waals surface area contributed by atoms with Crippen molar-refractivity contribution in [3.8, 4) is 0 Å². The number of imidazole rings is 1. The molecule has 120 valence electrons. The van der Waals surface area contributed by atoms with Crippen LogP contribution >= 0.6 is 0 Å². The van der Waals surface area contributed by atoms with Crippen molar-refractivity contribution in [2.75, 3.05) is 38.1 Å². The van der Waals surface area contributed by atoms with Crippen LogP contribution in [0.25, 0.3) is 11.0 Å². The van der Waals surface area contributed by atoms with Crippen molar-refractivity contribution in [3.05, 3.63) is 23.5 Å². The van der Waals surface area contributed by atoms with Crippen LogP contribution in [0.2, 0.25) is 0 Å². The molecule has 0 saturated carbocycles. The number of rotatable bonds is 4. The van der Waals surface area contributed by atoms with Crippen LogP contribution in [-0.2, 0) is 0 Å². The third-order valence-electron chi connectivity index (χ3n) is 5.02. The number of aryl methyl sites for hydroxylation is 1. The number of anilines is 1. The van der Waals surface area contributed by atoms with Crippen LogP contribution in [0.15, 0.2) is 12.1 Å². The van der Waals surface area contributed by atoms with E-state index >= 15 is 0 Å². The lowest BCUT2D eigenvalue weighted by atomic mass is 10.0. The predicted molar refractivity (Wildman–Crippen MR) is 93.9 cm³/mol. The molecule has 0 aliphatic carbocycles. The molecule has 4 nitrogen and oxygen atoms in total. The van der Waals surface area contributed by atoms with Gasteiger partial charge in [-0.2, -0.15) is 0 Å². The molecular formula is C18H28N4. The number of nitrogens with zero attached hydrogens (tertiary/aromatic N) is 3. The number of H-pyrrole nitrogens is 1. The monoisotopic (exact) mass is 300 g/mol. The van der Waals surface area contributed by atoms with Gasteiger partial charge >= 0.3 is 0 Å². The average molecular weight is 300 g/mol. The Morgan fingerprint density at radius 3 is 2.45 bits per heavy atom. The second-order valence-corrected chi connectivity index (χ2v) is 6.58. The summed E-state index contributed by atoms with van der Waals surface area (Å²) in [5.41, 5.74) is 4.94. The fourth-order valence-corrected chi connectivity index (χ4v) is 3.41. The van der Waals surface area contributed by atoms with Crippen LogP contribution in [0.3, 0.4) is 0 Å². The summed E-state index contributed by atoms with van der Waals surface area (Å²) < 4.78 is 0. The van der Waals surface area contributed by atoms with Gasteiger partial charge in [-0.05, 0) is 44.5 Å². The maximum atomic E-state index is 4.87. The number of hydrogen-bond donors (Lipinski definition) is 1. The zero-order valence-corrected chi connectivity index (χ0v) is 14.3. The summed E-state index contributed by atoms with van der Waals surface area (Å²) in [4.78, 5) is 13.3. The van der Waals surface area contributed by atoms with E-state index in [9.17, 15) is 0 Å². The van der Waals surface area contributed by atoms with Crippen LogP contribution in [0.5, 0.6) is 0 Å². The smallest absolute Gasteiger partial charge is 0.110 e. The maximum absolute atomic E-state index is 4.87. The number of likely N-dealkylation sites (N-methyl/N-ethyl adjacent to an activating group) is 1. The standard InChI is InChI=1S/C18H28N4/c1-5-14(6-2)18-19-16-12-15(11-13(3)17(16)20-18)22-9-7-21(4)8-10-22/h11-12,14H,5-10H2,1-4H3,(H,19,20). The normalized spacial score (nSPS) is 16.9. The van der Waals surface area contributed by atoms with Crippen LogP contribution in [-0.4, -0.2) is 48.1 Å². The minimum atomic E-state index is 0.541. The molecule has 0 unspecified atom stereocenters. The van der Waals surface area contributed by atoms with Gasteiger partial charge in [0.2, 0.25) is 0 Å². The Labute approximate surface area is 133 Å². The number of fused-ring (bicyclic) bond motifs is 1. The molecule has 0 amide bonds. The third kappa shape index (κ3) is 2.84. The number of nitrogens with one attached hydrogen (secondary N) is 1. The van der Waals surface area contributed by atoms with Crippen molar-refractivity contribution in [2.24, 2.45) is 0 Å². The largest absolute Gasteiger partial charge is 0.369 e. The average Bonchev–Trinajstić information content (AvgIpc) is 2.93. The minimum Gasteiger partial charge on any atom is -0.369 e. The first-order valence-corrected chi connectivity index (χ1v) is 8.56. The van der Waals surface area contributed by atoms with E-state index in [0.717, 1.165) is 50.4 Å². The van der Waals surface area contributed by atoms with Crippen LogP contribution in [0.1, 0.15) is 44.0 Å². The van der Waals surface area contributed by atoms with E-state index in [4.69, 9.17) is 4.98 Å². The second kappa shape index (κ2) is 6.29. The maximum Gasteiger partial charge on any atom is 0.110 e. The van der Waals surface area contributed by atoms with Gasteiger partial charge in [0.1, 0.15) is 5.82 Å². The summed E-state index contributed by atoms with van der Waals surface area (Å²) in [6.07, 6.45) is 2.28. The Kier molecular flexibility index (Phi) is 4.39. The zero-order chi connectivity index (χ0) is 15.7. The Balaban J connectivity index is 1.94. The highest BCUT2D eigenvalue weighted by Gasteiger charge is 2.18. The molecule has 1 saturated heterocycles. The number of benzene rings is 1. The summed E-state index contributed by atoms with van der Waals surface area (Å²) in [5.74, 6) is 1.69. The number of aromatic amines is 1. The molecule has 1 aromatic carbocycles. The first-order valence-electron chi connectivity index (χ1n) is 8.56. The second-order valence-electron chi connectivity index (χ2n) is 6.58. The lowest BCUT2D eigenvalue weighted by molar-refractivity contribution is 0.313. The molecule has 0 atom stereocenters. The molecule has 2 aromatic rings. The molecule has 1 N–H and O–H groups in total. The lowest BCUT2D eigenvalue weighted by Crippen LogP contribution is -2.44. The number of hydrogen-bond acceptors (Lipinski definition) is 3. The molecule has 22 heavy (non-hydrogen) atoms. The summed E-state index contributed by atoms with van der Waals surface area (Å²) in [6, 6.07) is 4.58. The van der Waals surface area contributed by atoms with Crippen molar-refractivity contribution in [2.45, 2.75) is 39.5 Å². The quantitative estimate of drug-likeness (QED) is 0.938. The predicted octanol–water partition coefficient (Wildman–Crippen LogP) is 3.53. The van der Waals surface area contributed by atoms with E-state index in [1.165, 1.54) is 16.8 Å². The molecule has 3 rings (SSSR count). The van der Waals surface area contributed by atoms with E-state index in [-0.39, 0.29) is 0 Å². The van der Waals surface area contributed by atoms with Gasteiger partial charge in [-0.1, -0.05) is 13.8 Å². The topological polar surface area (TPSA) is 35.2 Å². The first-order chi connectivity index (χ1) is 10.6. The number of piperazine rings is 1. The molecule has 0 bridgehead atoms. The molecule has 1 aliphatic heterocycles. The van der Waals surface area contributed by atoms with Crippen LogP contribution in [0, 0.1) is 6.92 Å². The fourth-order valence-electron chi connectivity index (χ4n) is 3.41. The number of aromatic nitrogens is 2. The van der Waals surface area contributed by atoms with Crippen molar-refractivity contribution < 1.29 is 0 Å². The molecular weight excluding hydrogens is 272 g/mol. The van der Waals surface area contributed by atoms with E-state index in [2.05, 4.69) is 54.7 Å². The molecule has 0 radical (unpaired) electrons. The van der Waals surface area contributed by atoms with E-state index in [1.54, 1.807) is 0 Å². The van der Waals surface area contributed by atoms with Crippen LogP contribution in [0.4, 0.5) is 5.69 Å².